The minimum Gasteiger partial charge on any atom is -0.497 e. The van der Waals surface area contributed by atoms with Crippen molar-refractivity contribution in [2.45, 2.75) is 13.8 Å². The summed E-state index contributed by atoms with van der Waals surface area (Å²) in [5.41, 5.74) is 4.19. The van der Waals surface area contributed by atoms with E-state index in [1.165, 1.54) is 11.3 Å². The molecule has 0 fully saturated rings. The summed E-state index contributed by atoms with van der Waals surface area (Å²) in [5, 5.41) is 10.4. The normalized spacial score (nSPS) is 11.0. The Bertz CT molecular complexity index is 1260. The highest BCUT2D eigenvalue weighted by Crippen LogP contribution is 2.35. The van der Waals surface area contributed by atoms with Crippen LogP contribution < -0.4 is 14.8 Å². The summed E-state index contributed by atoms with van der Waals surface area (Å²) in [6, 6.07) is 7.28. The number of pyridine rings is 1. The molecule has 0 saturated heterocycles. The lowest BCUT2D eigenvalue weighted by Crippen LogP contribution is -2.13. The minimum atomic E-state index is -0.250. The lowest BCUT2D eigenvalue weighted by atomic mass is 10.1. The number of aromatic nitrogens is 4. The van der Waals surface area contributed by atoms with Crippen LogP contribution in [0.15, 0.2) is 29.6 Å². The van der Waals surface area contributed by atoms with Gasteiger partial charge in [0.25, 0.3) is 5.91 Å². The Hall–Kier alpha value is -3.46. The number of nitrogens with one attached hydrogen (secondary N) is 1. The van der Waals surface area contributed by atoms with Crippen molar-refractivity contribution >= 4 is 33.4 Å². The Labute approximate surface area is 177 Å². The molecule has 30 heavy (non-hydrogen) atoms. The average molecular weight is 423 g/mol. The van der Waals surface area contributed by atoms with Gasteiger partial charge in [-0.25, -0.2) is 9.97 Å². The number of carbonyl (C=O) groups excluding carboxylic acids is 1. The van der Waals surface area contributed by atoms with Gasteiger partial charge in [-0.2, -0.15) is 5.10 Å². The molecule has 0 bridgehead atoms. The number of fused-ring (bicyclic) bond motifs is 1. The van der Waals surface area contributed by atoms with Crippen LogP contribution in [0.5, 0.6) is 11.5 Å². The zero-order chi connectivity index (χ0) is 21.4. The van der Waals surface area contributed by atoms with E-state index in [4.69, 9.17) is 9.47 Å². The smallest absolute Gasteiger partial charge is 0.258 e. The molecule has 0 atom stereocenters. The molecule has 0 aliphatic carbocycles. The number of anilines is 1. The van der Waals surface area contributed by atoms with Gasteiger partial charge < -0.3 is 9.47 Å². The summed E-state index contributed by atoms with van der Waals surface area (Å²) in [7, 11) is 5.03. The number of thiazole rings is 1. The number of hydrogen-bond acceptors (Lipinski definition) is 7. The van der Waals surface area contributed by atoms with Crippen LogP contribution in [0.1, 0.15) is 21.7 Å². The van der Waals surface area contributed by atoms with Gasteiger partial charge in [0.15, 0.2) is 10.8 Å². The Balaban J connectivity index is 1.67. The molecule has 1 aromatic carbocycles. The van der Waals surface area contributed by atoms with Crippen LogP contribution in [0.25, 0.3) is 22.3 Å². The molecule has 0 aliphatic rings. The van der Waals surface area contributed by atoms with Crippen molar-refractivity contribution in [1.29, 1.82) is 0 Å². The first-order valence-electron chi connectivity index (χ1n) is 9.21. The van der Waals surface area contributed by atoms with Gasteiger partial charge in [-0.3, -0.25) is 14.8 Å². The second-order valence-corrected chi connectivity index (χ2v) is 7.64. The number of methoxy groups -OCH3 is 2. The molecule has 9 heteroatoms. The quantitative estimate of drug-likeness (QED) is 0.522. The van der Waals surface area contributed by atoms with Crippen LogP contribution in [-0.2, 0) is 7.05 Å². The fourth-order valence-electron chi connectivity index (χ4n) is 3.38. The molecule has 0 aliphatic heterocycles. The summed E-state index contributed by atoms with van der Waals surface area (Å²) in [4.78, 5) is 22.1. The maximum Gasteiger partial charge on any atom is 0.258 e. The monoisotopic (exact) mass is 423 g/mol. The SMILES string of the molecule is COc1ccc(OC)c(-c2csc(NC(=O)c3cc(C)nc4c3c(C)nn4C)n2)c1. The van der Waals surface area contributed by atoms with Crippen molar-refractivity contribution in [1.82, 2.24) is 19.7 Å². The number of benzene rings is 1. The van der Waals surface area contributed by atoms with E-state index in [1.54, 1.807) is 25.0 Å². The van der Waals surface area contributed by atoms with Crippen LogP contribution >= 0.6 is 11.3 Å². The van der Waals surface area contributed by atoms with Crippen LogP contribution in [0.3, 0.4) is 0 Å². The molecule has 0 unspecified atom stereocenters. The van der Waals surface area contributed by atoms with Gasteiger partial charge in [-0.05, 0) is 38.1 Å². The highest BCUT2D eigenvalue weighted by Gasteiger charge is 2.19. The molecule has 0 spiro atoms. The second-order valence-electron chi connectivity index (χ2n) is 6.78. The van der Waals surface area contributed by atoms with Crippen molar-refractivity contribution in [2.75, 3.05) is 19.5 Å². The van der Waals surface area contributed by atoms with Gasteiger partial charge >= 0.3 is 0 Å². The Morgan fingerprint density at radius 2 is 1.93 bits per heavy atom. The number of carbonyl (C=O) groups is 1. The second kappa shape index (κ2) is 7.75. The largest absolute Gasteiger partial charge is 0.497 e. The van der Waals surface area contributed by atoms with Crippen LogP contribution in [0.2, 0.25) is 0 Å². The molecule has 8 nitrogen and oxygen atoms in total. The molecule has 3 aromatic heterocycles. The summed E-state index contributed by atoms with van der Waals surface area (Å²) in [6.45, 7) is 3.72. The van der Waals surface area contributed by atoms with Crippen molar-refractivity contribution < 1.29 is 14.3 Å². The van der Waals surface area contributed by atoms with Crippen LogP contribution in [0.4, 0.5) is 5.13 Å². The number of ether oxygens (including phenoxy) is 2. The lowest BCUT2D eigenvalue weighted by molar-refractivity contribution is 0.102. The number of aryl methyl sites for hydroxylation is 3. The highest BCUT2D eigenvalue weighted by molar-refractivity contribution is 7.14. The van der Waals surface area contributed by atoms with Crippen LogP contribution in [-0.4, -0.2) is 39.9 Å². The van der Waals surface area contributed by atoms with E-state index < -0.39 is 0 Å². The molecule has 1 N–H and O–H groups in total. The van der Waals surface area contributed by atoms with Gasteiger partial charge in [0.05, 0.1) is 36.6 Å². The van der Waals surface area contributed by atoms with Gasteiger partial charge in [-0.1, -0.05) is 0 Å². The number of rotatable bonds is 5. The van der Waals surface area contributed by atoms with E-state index in [1.807, 2.05) is 44.5 Å². The summed E-state index contributed by atoms with van der Waals surface area (Å²) in [6.07, 6.45) is 0. The zero-order valence-corrected chi connectivity index (χ0v) is 18.1. The molecule has 4 rings (SSSR count). The number of hydrogen-bond donors (Lipinski definition) is 1. The Morgan fingerprint density at radius 1 is 1.13 bits per heavy atom. The Kier molecular flexibility index (Phi) is 5.13. The first kappa shape index (κ1) is 19.8. The zero-order valence-electron chi connectivity index (χ0n) is 17.3. The van der Waals surface area contributed by atoms with E-state index in [0.717, 1.165) is 22.3 Å². The summed E-state index contributed by atoms with van der Waals surface area (Å²) < 4.78 is 12.4. The van der Waals surface area contributed by atoms with Crippen LogP contribution in [0, 0.1) is 13.8 Å². The van der Waals surface area contributed by atoms with E-state index in [9.17, 15) is 4.79 Å². The van der Waals surface area contributed by atoms with Crippen molar-refractivity contribution in [3.8, 4) is 22.8 Å². The maximum absolute atomic E-state index is 13.1. The standard InChI is InChI=1S/C21H21N5O3S/c1-11-8-15(18-12(2)25-26(3)19(18)22-11)20(27)24-21-23-16(10-30-21)14-9-13(28-4)6-7-17(14)29-5/h6-10H,1-5H3,(H,23,24,27). The maximum atomic E-state index is 13.1. The molecule has 4 aromatic rings. The highest BCUT2D eigenvalue weighted by atomic mass is 32.1. The predicted molar refractivity (Wildman–Crippen MR) is 117 cm³/mol. The topological polar surface area (TPSA) is 91.2 Å². The van der Waals surface area contributed by atoms with E-state index in [-0.39, 0.29) is 5.91 Å². The van der Waals surface area contributed by atoms with E-state index in [0.29, 0.717) is 33.5 Å². The molecular formula is C21H21N5O3S. The van der Waals surface area contributed by atoms with E-state index in [2.05, 4.69) is 20.4 Å². The van der Waals surface area contributed by atoms with Gasteiger partial charge in [0, 0.05) is 23.7 Å². The molecule has 0 saturated carbocycles. The molecule has 154 valence electrons. The first-order valence-corrected chi connectivity index (χ1v) is 10.1. The fourth-order valence-corrected chi connectivity index (χ4v) is 4.09. The summed E-state index contributed by atoms with van der Waals surface area (Å²) >= 11 is 1.34. The third-order valence-corrected chi connectivity index (χ3v) is 5.51. The fraction of sp³-hybridized carbons (Fsp3) is 0.238. The lowest BCUT2D eigenvalue weighted by Gasteiger charge is -2.08. The third-order valence-electron chi connectivity index (χ3n) is 4.75. The van der Waals surface area contributed by atoms with Crippen molar-refractivity contribution in [3.05, 3.63) is 46.6 Å². The summed E-state index contributed by atoms with van der Waals surface area (Å²) in [5.74, 6) is 1.13. The molecule has 0 radical (unpaired) electrons. The predicted octanol–water partition coefficient (Wildman–Crippen LogP) is 3.98. The third kappa shape index (κ3) is 3.48. The van der Waals surface area contributed by atoms with Crippen molar-refractivity contribution in [3.63, 3.8) is 0 Å². The van der Waals surface area contributed by atoms with E-state index >= 15 is 0 Å². The van der Waals surface area contributed by atoms with Gasteiger partial charge in [-0.15, -0.1) is 11.3 Å². The van der Waals surface area contributed by atoms with Crippen molar-refractivity contribution in [2.24, 2.45) is 7.05 Å². The van der Waals surface area contributed by atoms with Gasteiger partial charge in [0.2, 0.25) is 0 Å². The molecule has 1 amide bonds. The van der Waals surface area contributed by atoms with Gasteiger partial charge in [0.1, 0.15) is 11.5 Å². The number of amides is 1. The first-order chi connectivity index (χ1) is 14.4. The Morgan fingerprint density at radius 3 is 2.67 bits per heavy atom. The molecular weight excluding hydrogens is 402 g/mol. The average Bonchev–Trinajstić information content (AvgIpc) is 3.31. The molecule has 3 heterocycles. The minimum absolute atomic E-state index is 0.250. The number of nitrogens with zero attached hydrogens (tertiary/aromatic N) is 4.